The van der Waals surface area contributed by atoms with E-state index >= 15 is 0 Å². The summed E-state index contributed by atoms with van der Waals surface area (Å²) in [5.41, 5.74) is -0.595. The van der Waals surface area contributed by atoms with Gasteiger partial charge in [0, 0.05) is 4.47 Å². The lowest BCUT2D eigenvalue weighted by Crippen LogP contribution is -2.55. The molecule has 126 valence electrons. The number of hydrogen-bond donors (Lipinski definition) is 2. The summed E-state index contributed by atoms with van der Waals surface area (Å²) in [5, 5.41) is 13.9. The molecule has 0 heterocycles. The first kappa shape index (κ1) is 16.8. The molecule has 0 aromatic heterocycles. The van der Waals surface area contributed by atoms with E-state index in [-0.39, 0.29) is 18.9 Å². The second kappa shape index (κ2) is 6.81. The fourth-order valence-electron chi connectivity index (χ4n) is 3.00. The molecule has 2 aromatic carbocycles. The summed E-state index contributed by atoms with van der Waals surface area (Å²) >= 11 is 3.43. The van der Waals surface area contributed by atoms with Crippen molar-refractivity contribution in [3.63, 3.8) is 0 Å². The summed E-state index contributed by atoms with van der Waals surface area (Å²) < 4.78 is 6.56. The molecule has 5 nitrogen and oxygen atoms in total. The Morgan fingerprint density at radius 2 is 1.88 bits per heavy atom. The number of fused-ring (bicyclic) bond motifs is 1. The predicted octanol–water partition coefficient (Wildman–Crippen LogP) is 3.49. The molecule has 1 aliphatic rings. The van der Waals surface area contributed by atoms with Crippen molar-refractivity contribution in [1.82, 2.24) is 5.32 Å². The Morgan fingerprint density at radius 3 is 2.54 bits per heavy atom. The van der Waals surface area contributed by atoms with Crippen LogP contribution in [0.25, 0.3) is 10.8 Å². The minimum atomic E-state index is -0.892. The van der Waals surface area contributed by atoms with Gasteiger partial charge in [0.15, 0.2) is 6.61 Å². The monoisotopic (exact) mass is 391 g/mol. The average molecular weight is 392 g/mol. The van der Waals surface area contributed by atoms with E-state index in [1.54, 1.807) is 0 Å². The Kier molecular flexibility index (Phi) is 4.76. The van der Waals surface area contributed by atoms with Crippen molar-refractivity contribution < 1.29 is 19.4 Å². The number of amides is 1. The van der Waals surface area contributed by atoms with Crippen molar-refractivity contribution in [2.45, 2.75) is 31.2 Å². The van der Waals surface area contributed by atoms with E-state index in [0.29, 0.717) is 18.6 Å². The lowest BCUT2D eigenvalue weighted by molar-refractivity contribution is -0.140. The zero-order valence-electron chi connectivity index (χ0n) is 13.0. The molecule has 0 aliphatic heterocycles. The van der Waals surface area contributed by atoms with Crippen molar-refractivity contribution in [1.29, 1.82) is 0 Å². The van der Waals surface area contributed by atoms with E-state index in [0.717, 1.165) is 21.7 Å². The molecule has 2 aromatic rings. The second-order valence-corrected chi connectivity index (χ2v) is 7.11. The molecule has 0 unspecified atom stereocenters. The van der Waals surface area contributed by atoms with E-state index < -0.39 is 11.5 Å². The smallest absolute Gasteiger partial charge is 0.305 e. The number of halogens is 1. The van der Waals surface area contributed by atoms with Crippen LogP contribution in [0, 0.1) is 0 Å². The van der Waals surface area contributed by atoms with Crippen molar-refractivity contribution in [3.8, 4) is 5.75 Å². The third-order valence-electron chi connectivity index (χ3n) is 4.35. The molecular formula is C18H18BrNO4. The summed E-state index contributed by atoms with van der Waals surface area (Å²) in [5.74, 6) is -0.565. The lowest BCUT2D eigenvalue weighted by atomic mass is 9.74. The van der Waals surface area contributed by atoms with Crippen LogP contribution in [-0.4, -0.2) is 29.1 Å². The molecule has 1 amide bonds. The number of hydrogen-bond acceptors (Lipinski definition) is 3. The quantitative estimate of drug-likeness (QED) is 0.789. The van der Waals surface area contributed by atoms with Crippen LogP contribution in [0.3, 0.4) is 0 Å². The van der Waals surface area contributed by atoms with Crippen molar-refractivity contribution in [2.24, 2.45) is 0 Å². The third-order valence-corrected chi connectivity index (χ3v) is 4.84. The molecule has 6 heteroatoms. The number of benzene rings is 2. The minimum Gasteiger partial charge on any atom is -0.484 e. The van der Waals surface area contributed by atoms with E-state index in [4.69, 9.17) is 9.84 Å². The fourth-order valence-corrected chi connectivity index (χ4v) is 3.38. The maximum atomic E-state index is 12.1. The van der Waals surface area contributed by atoms with Crippen LogP contribution < -0.4 is 10.1 Å². The molecule has 0 saturated heterocycles. The summed E-state index contributed by atoms with van der Waals surface area (Å²) in [6, 6.07) is 11.6. The highest BCUT2D eigenvalue weighted by Gasteiger charge is 2.40. The van der Waals surface area contributed by atoms with Crippen LogP contribution in [-0.2, 0) is 9.59 Å². The van der Waals surface area contributed by atoms with Gasteiger partial charge in [0.1, 0.15) is 5.75 Å². The molecule has 24 heavy (non-hydrogen) atoms. The van der Waals surface area contributed by atoms with Crippen LogP contribution in [0.15, 0.2) is 40.9 Å². The van der Waals surface area contributed by atoms with E-state index in [2.05, 4.69) is 21.2 Å². The largest absolute Gasteiger partial charge is 0.484 e. The first-order valence-electron chi connectivity index (χ1n) is 7.81. The van der Waals surface area contributed by atoms with Gasteiger partial charge >= 0.3 is 5.97 Å². The summed E-state index contributed by atoms with van der Waals surface area (Å²) in [7, 11) is 0. The first-order chi connectivity index (χ1) is 11.5. The Morgan fingerprint density at radius 1 is 1.17 bits per heavy atom. The van der Waals surface area contributed by atoms with Gasteiger partial charge in [-0.3, -0.25) is 9.59 Å². The predicted molar refractivity (Wildman–Crippen MR) is 94.1 cm³/mol. The number of rotatable bonds is 6. The topological polar surface area (TPSA) is 75.6 Å². The number of carbonyl (C=O) groups is 2. The standard InChI is InChI=1S/C18H18BrNO4/c19-14-4-2-13-9-15(5-3-12(13)8-14)24-11-16(21)20-18(6-1-7-18)10-17(22)23/h2-5,8-9H,1,6-7,10-11H2,(H,20,21)(H,22,23). The van der Waals surface area contributed by atoms with Crippen LogP contribution in [0.1, 0.15) is 25.7 Å². The Labute approximate surface area is 148 Å². The third kappa shape index (κ3) is 3.87. The number of carboxylic acids is 1. The van der Waals surface area contributed by atoms with Gasteiger partial charge in [-0.15, -0.1) is 0 Å². The van der Waals surface area contributed by atoms with Gasteiger partial charge in [-0.05, 0) is 54.3 Å². The highest BCUT2D eigenvalue weighted by Crippen LogP contribution is 2.34. The molecule has 0 bridgehead atoms. The van der Waals surface area contributed by atoms with Crippen molar-refractivity contribution >= 4 is 38.6 Å². The molecule has 1 aliphatic carbocycles. The SMILES string of the molecule is O=C(O)CC1(NC(=O)COc2ccc3cc(Br)ccc3c2)CCC1. The average Bonchev–Trinajstić information content (AvgIpc) is 2.50. The molecular weight excluding hydrogens is 374 g/mol. The van der Waals surface area contributed by atoms with Crippen molar-refractivity contribution in [2.75, 3.05) is 6.61 Å². The summed E-state index contributed by atoms with van der Waals surface area (Å²) in [6.45, 7) is -0.122. The summed E-state index contributed by atoms with van der Waals surface area (Å²) in [6.07, 6.45) is 2.31. The minimum absolute atomic E-state index is 0.0381. The molecule has 0 radical (unpaired) electrons. The Balaban J connectivity index is 1.60. The second-order valence-electron chi connectivity index (χ2n) is 6.19. The molecule has 1 saturated carbocycles. The van der Waals surface area contributed by atoms with E-state index in [9.17, 15) is 9.59 Å². The molecule has 0 spiro atoms. The first-order valence-corrected chi connectivity index (χ1v) is 8.60. The fraction of sp³-hybridized carbons (Fsp3) is 0.333. The molecule has 1 fully saturated rings. The lowest BCUT2D eigenvalue weighted by Gasteiger charge is -2.41. The van der Waals surface area contributed by atoms with Gasteiger partial charge in [-0.2, -0.15) is 0 Å². The molecule has 2 N–H and O–H groups in total. The molecule has 0 atom stereocenters. The zero-order valence-corrected chi connectivity index (χ0v) is 14.6. The van der Waals surface area contributed by atoms with E-state index in [1.165, 1.54) is 0 Å². The van der Waals surface area contributed by atoms with Gasteiger partial charge in [0.05, 0.1) is 12.0 Å². The van der Waals surface area contributed by atoms with E-state index in [1.807, 2.05) is 36.4 Å². The van der Waals surface area contributed by atoms with Crippen LogP contribution >= 0.6 is 15.9 Å². The number of ether oxygens (including phenoxy) is 1. The highest BCUT2D eigenvalue weighted by atomic mass is 79.9. The Hall–Kier alpha value is -2.08. The summed E-state index contributed by atoms with van der Waals surface area (Å²) in [4.78, 5) is 23.0. The van der Waals surface area contributed by atoms with Gasteiger partial charge in [-0.1, -0.05) is 28.1 Å². The maximum absolute atomic E-state index is 12.1. The van der Waals surface area contributed by atoms with Crippen LogP contribution in [0.2, 0.25) is 0 Å². The van der Waals surface area contributed by atoms with Gasteiger partial charge in [-0.25, -0.2) is 0 Å². The van der Waals surface area contributed by atoms with Crippen LogP contribution in [0.5, 0.6) is 5.75 Å². The van der Waals surface area contributed by atoms with Gasteiger partial charge < -0.3 is 15.2 Å². The van der Waals surface area contributed by atoms with Gasteiger partial charge in [0.2, 0.25) is 0 Å². The number of carboxylic acid groups (broad SMARTS) is 1. The normalized spacial score (nSPS) is 15.5. The number of nitrogens with one attached hydrogen (secondary N) is 1. The van der Waals surface area contributed by atoms with Crippen molar-refractivity contribution in [3.05, 3.63) is 40.9 Å². The Bertz CT molecular complexity index is 786. The highest BCUT2D eigenvalue weighted by molar-refractivity contribution is 9.10. The zero-order chi connectivity index (χ0) is 17.2. The van der Waals surface area contributed by atoms with Crippen LogP contribution in [0.4, 0.5) is 0 Å². The van der Waals surface area contributed by atoms with Gasteiger partial charge in [0.25, 0.3) is 5.91 Å². The molecule has 3 rings (SSSR count). The maximum Gasteiger partial charge on any atom is 0.305 e. The number of carbonyl (C=O) groups excluding carboxylic acids is 1. The number of aliphatic carboxylic acids is 1.